The topological polar surface area (TPSA) is 237 Å². The van der Waals surface area contributed by atoms with Crippen LogP contribution in [0.15, 0.2) is 146 Å². The fraction of sp³-hybridized carbons (Fsp3) is 0.678. The summed E-state index contributed by atoms with van der Waals surface area (Å²) in [6, 6.07) is 0. The third kappa shape index (κ3) is 77.1. The number of allylic oxidation sites excluding steroid dienone is 24. The van der Waals surface area contributed by atoms with Crippen LogP contribution in [0.25, 0.3) is 0 Å². The number of carbonyl (C=O) groups excluding carboxylic acids is 4. The summed E-state index contributed by atoms with van der Waals surface area (Å²) in [5.74, 6) is -2.27. The first-order valence-electron chi connectivity index (χ1n) is 41.1. The van der Waals surface area contributed by atoms with E-state index in [4.69, 9.17) is 37.0 Å². The zero-order chi connectivity index (χ0) is 77.4. The smallest absolute Gasteiger partial charge is 0.462 e. The van der Waals surface area contributed by atoms with Gasteiger partial charge in [-0.25, -0.2) is 9.13 Å². The van der Waals surface area contributed by atoms with Gasteiger partial charge in [-0.1, -0.05) is 308 Å². The Morgan fingerprint density at radius 2 is 0.500 bits per heavy atom. The van der Waals surface area contributed by atoms with E-state index in [9.17, 15) is 43.2 Å². The first kappa shape index (κ1) is 101. The molecule has 0 aromatic rings. The number of phosphoric acid groups is 2. The quantitative estimate of drug-likeness (QED) is 0.0169. The number of ether oxygens (including phenoxy) is 4. The van der Waals surface area contributed by atoms with Crippen LogP contribution >= 0.6 is 15.6 Å². The molecule has 0 amide bonds. The summed E-state index contributed by atoms with van der Waals surface area (Å²) < 4.78 is 68.6. The fourth-order valence-corrected chi connectivity index (χ4v) is 12.3. The van der Waals surface area contributed by atoms with E-state index in [-0.39, 0.29) is 25.7 Å². The molecule has 0 aromatic heterocycles. The summed E-state index contributed by atoms with van der Waals surface area (Å²) in [5.41, 5.74) is 0. The molecule has 19 heteroatoms. The Labute approximate surface area is 643 Å². The standard InChI is InChI=1S/C87H146O17P2/c1-5-9-13-17-21-25-29-33-37-39-40-42-46-48-52-56-60-64-68-72-85(90)98-78-83(104-87(92)74-70-66-62-58-54-50-44-36-32-28-24-20-16-12-8-4)80-102-106(95,96)100-76-81(88)75-99-105(93,94)101-79-82(103-86(91)73-69-65-61-57-53-49-43-35-31-27-23-19-15-11-7-3)77-97-84(89)71-67-63-59-55-51-47-45-41-38-34-30-26-22-18-14-10-6-2/h9-11,13-15,21-23,25-27,33-35,37-38,40,42-43,45,47,55,59,81-83,88H,5-8,12,16-20,24,28-32,36,39,41,44,46,48-54,56-58,60-80H2,1-4H3,(H,93,94)(H,95,96)/b13-9-,14-10-,15-11-,25-21-,26-22-,27-23-,37-33-,38-34-,42-40-,43-35-,47-45-,59-55-. The number of hydrogen-bond acceptors (Lipinski definition) is 15. The van der Waals surface area contributed by atoms with Gasteiger partial charge >= 0.3 is 39.5 Å². The van der Waals surface area contributed by atoms with Crippen molar-refractivity contribution in [3.8, 4) is 0 Å². The van der Waals surface area contributed by atoms with E-state index in [1.807, 2.05) is 12.2 Å². The molecule has 0 aliphatic heterocycles. The number of esters is 4. The maximum Gasteiger partial charge on any atom is 0.472 e. The highest BCUT2D eigenvalue weighted by molar-refractivity contribution is 7.47. The van der Waals surface area contributed by atoms with Crippen molar-refractivity contribution in [3.63, 3.8) is 0 Å². The lowest BCUT2D eigenvalue weighted by molar-refractivity contribution is -0.161. The van der Waals surface area contributed by atoms with Crippen molar-refractivity contribution >= 4 is 39.5 Å². The van der Waals surface area contributed by atoms with Crippen molar-refractivity contribution in [2.75, 3.05) is 39.6 Å². The van der Waals surface area contributed by atoms with Crippen molar-refractivity contribution in [3.05, 3.63) is 146 Å². The lowest BCUT2D eigenvalue weighted by Gasteiger charge is -2.21. The number of hydrogen-bond donors (Lipinski definition) is 3. The molecule has 606 valence electrons. The van der Waals surface area contributed by atoms with E-state index >= 15 is 0 Å². The Morgan fingerprint density at radius 1 is 0.274 bits per heavy atom. The number of aliphatic hydroxyl groups excluding tert-OH is 1. The number of rotatable bonds is 76. The molecule has 0 aromatic carbocycles. The van der Waals surface area contributed by atoms with Gasteiger partial charge < -0.3 is 33.8 Å². The molecule has 0 spiro atoms. The van der Waals surface area contributed by atoms with Crippen LogP contribution in [0.5, 0.6) is 0 Å². The minimum absolute atomic E-state index is 0.0595. The molecular weight excluding hydrogens is 1380 g/mol. The third-order valence-corrected chi connectivity index (χ3v) is 18.7. The molecule has 17 nitrogen and oxygen atoms in total. The van der Waals surface area contributed by atoms with E-state index in [1.54, 1.807) is 0 Å². The van der Waals surface area contributed by atoms with Crippen LogP contribution in [0, 0.1) is 0 Å². The van der Waals surface area contributed by atoms with Gasteiger partial charge in [0, 0.05) is 25.7 Å². The van der Waals surface area contributed by atoms with Crippen LogP contribution in [-0.4, -0.2) is 96.7 Å². The maximum absolute atomic E-state index is 13.1. The average molecular weight is 1530 g/mol. The van der Waals surface area contributed by atoms with E-state index in [1.165, 1.54) is 64.2 Å². The number of carbonyl (C=O) groups is 4. The van der Waals surface area contributed by atoms with Crippen molar-refractivity contribution in [1.82, 2.24) is 0 Å². The minimum Gasteiger partial charge on any atom is -0.462 e. The largest absolute Gasteiger partial charge is 0.472 e. The van der Waals surface area contributed by atoms with Gasteiger partial charge in [0.05, 0.1) is 26.4 Å². The minimum atomic E-state index is -5.00. The van der Waals surface area contributed by atoms with Gasteiger partial charge in [0.2, 0.25) is 0 Å². The first-order valence-corrected chi connectivity index (χ1v) is 44.1. The van der Waals surface area contributed by atoms with Crippen LogP contribution in [0.3, 0.4) is 0 Å². The second kappa shape index (κ2) is 78.1. The SMILES string of the molecule is CC/C=C\C/C=C\C/C=C\C/C=C\C/C=C\CCCC(=O)OCC(COP(=O)(O)OCC(O)COP(=O)(O)OCC(COC(=O)CCCCCCCC/C=C\C/C=C\C/C=C\C/C=C\CC)OC(=O)CCCCCCCCCCCCCCCCC)OC(=O)CCCCCCC/C=C\C/C=C\C/C=C\CC. The fourth-order valence-electron chi connectivity index (χ4n) is 10.7. The second-order valence-corrected chi connectivity index (χ2v) is 29.8. The van der Waals surface area contributed by atoms with Crippen LogP contribution in [0.1, 0.15) is 323 Å². The molecule has 5 atom stereocenters. The summed E-state index contributed by atoms with van der Waals surface area (Å²) in [5, 5.41) is 10.7. The predicted molar refractivity (Wildman–Crippen MR) is 436 cm³/mol. The molecule has 0 heterocycles. The van der Waals surface area contributed by atoms with Gasteiger partial charge in [0.1, 0.15) is 19.3 Å². The monoisotopic (exact) mass is 1530 g/mol. The molecule has 5 unspecified atom stereocenters. The highest BCUT2D eigenvalue weighted by atomic mass is 31.2. The van der Waals surface area contributed by atoms with Gasteiger partial charge in [-0.15, -0.1) is 0 Å². The number of phosphoric ester groups is 2. The summed E-state index contributed by atoms with van der Waals surface area (Å²) in [6.07, 6.45) is 89.7. The summed E-state index contributed by atoms with van der Waals surface area (Å²) in [6.45, 7) is 4.46. The first-order chi connectivity index (χ1) is 51.7. The summed E-state index contributed by atoms with van der Waals surface area (Å²) in [4.78, 5) is 73.1. The molecule has 3 N–H and O–H groups in total. The normalized spacial score (nSPS) is 14.6. The molecule has 0 radical (unpaired) electrons. The van der Waals surface area contributed by atoms with Crippen molar-refractivity contribution in [2.24, 2.45) is 0 Å². The van der Waals surface area contributed by atoms with Crippen LogP contribution in [0.2, 0.25) is 0 Å². The third-order valence-electron chi connectivity index (χ3n) is 16.8. The van der Waals surface area contributed by atoms with E-state index in [0.717, 1.165) is 173 Å². The predicted octanol–water partition coefficient (Wildman–Crippen LogP) is 24.2. The van der Waals surface area contributed by atoms with Crippen LogP contribution in [0.4, 0.5) is 0 Å². The Balaban J connectivity index is 5.43. The van der Waals surface area contributed by atoms with Crippen molar-refractivity contribution in [1.29, 1.82) is 0 Å². The molecule has 0 saturated carbocycles. The molecule has 106 heavy (non-hydrogen) atoms. The van der Waals surface area contributed by atoms with Crippen LogP contribution in [-0.2, 0) is 65.4 Å². The lowest BCUT2D eigenvalue weighted by Crippen LogP contribution is -2.30. The van der Waals surface area contributed by atoms with Gasteiger partial charge in [-0.3, -0.25) is 37.3 Å². The maximum atomic E-state index is 13.1. The van der Waals surface area contributed by atoms with Crippen LogP contribution < -0.4 is 0 Å². The van der Waals surface area contributed by atoms with Gasteiger partial charge in [-0.2, -0.15) is 0 Å². The molecule has 0 saturated heterocycles. The Hall–Kier alpha value is -5.06. The highest BCUT2D eigenvalue weighted by Crippen LogP contribution is 2.45. The Bertz CT molecular complexity index is 2580. The van der Waals surface area contributed by atoms with Gasteiger partial charge in [0.25, 0.3) is 0 Å². The van der Waals surface area contributed by atoms with Crippen molar-refractivity contribution < 1.29 is 80.2 Å². The Morgan fingerprint density at radius 3 is 0.792 bits per heavy atom. The average Bonchev–Trinajstić information content (AvgIpc) is 0.928. The van der Waals surface area contributed by atoms with Crippen molar-refractivity contribution in [2.45, 2.75) is 341 Å². The molecule has 0 aliphatic carbocycles. The molecule has 0 rings (SSSR count). The zero-order valence-electron chi connectivity index (χ0n) is 66.3. The molecule has 0 bridgehead atoms. The number of unbranched alkanes of at least 4 members (excludes halogenated alkanes) is 26. The van der Waals surface area contributed by atoms with Gasteiger partial charge in [0.15, 0.2) is 12.2 Å². The highest BCUT2D eigenvalue weighted by Gasteiger charge is 2.30. The van der Waals surface area contributed by atoms with E-state index in [2.05, 4.69) is 161 Å². The molecule has 0 fully saturated rings. The zero-order valence-corrected chi connectivity index (χ0v) is 68.1. The van der Waals surface area contributed by atoms with E-state index < -0.39 is 97.5 Å². The Kier molecular flexibility index (Phi) is 74.3. The van der Waals surface area contributed by atoms with Gasteiger partial charge in [-0.05, 0) is 135 Å². The molecular formula is C87H146O17P2. The van der Waals surface area contributed by atoms with E-state index in [0.29, 0.717) is 32.1 Å². The summed E-state index contributed by atoms with van der Waals surface area (Å²) >= 11 is 0. The molecule has 0 aliphatic rings. The lowest BCUT2D eigenvalue weighted by atomic mass is 10.0. The second-order valence-electron chi connectivity index (χ2n) is 26.9. The summed E-state index contributed by atoms with van der Waals surface area (Å²) in [7, 11) is -9.99. The number of aliphatic hydroxyl groups is 1.